The van der Waals surface area contributed by atoms with Crippen molar-refractivity contribution in [2.45, 2.75) is 30.6 Å². The molecule has 1 saturated heterocycles. The second-order valence-electron chi connectivity index (χ2n) is 4.74. The second kappa shape index (κ2) is 6.58. The van der Waals surface area contributed by atoms with Gasteiger partial charge in [0.05, 0.1) is 12.1 Å². The maximum atomic E-state index is 12.3. The van der Waals surface area contributed by atoms with Gasteiger partial charge < -0.3 is 9.80 Å². The van der Waals surface area contributed by atoms with Crippen molar-refractivity contribution in [1.82, 2.24) is 14.8 Å². The van der Waals surface area contributed by atoms with Gasteiger partial charge in [-0.15, -0.1) is 11.3 Å². The van der Waals surface area contributed by atoms with Crippen LogP contribution in [0.15, 0.2) is 9.72 Å². The molecule has 7 heteroatoms. The number of piperazine rings is 1. The first-order chi connectivity index (χ1) is 9.52. The molecule has 1 aromatic rings. The Morgan fingerprint density at radius 2 is 2.30 bits per heavy atom. The van der Waals surface area contributed by atoms with Gasteiger partial charge in [-0.25, -0.2) is 4.98 Å². The number of aromatic nitrogens is 1. The molecule has 2 rings (SSSR count). The molecule has 0 aromatic carbocycles. The van der Waals surface area contributed by atoms with Crippen molar-refractivity contribution in [3.63, 3.8) is 0 Å². The lowest BCUT2D eigenvalue weighted by atomic mass is 10.1. The van der Waals surface area contributed by atoms with E-state index in [0.29, 0.717) is 13.1 Å². The van der Waals surface area contributed by atoms with Gasteiger partial charge >= 0.3 is 0 Å². The smallest absolute Gasteiger partial charge is 0.244 e. The van der Waals surface area contributed by atoms with Gasteiger partial charge in [0, 0.05) is 25.5 Å². The zero-order chi connectivity index (χ0) is 14.7. The molecule has 1 unspecified atom stereocenters. The first-order valence-electron chi connectivity index (χ1n) is 6.64. The summed E-state index contributed by atoms with van der Waals surface area (Å²) in [6.45, 7) is 5.07. The van der Waals surface area contributed by atoms with Crippen LogP contribution in [0, 0.1) is 0 Å². The summed E-state index contributed by atoms with van der Waals surface area (Å²) in [6.07, 6.45) is 0.280. The number of nitrogens with zero attached hydrogens (tertiary/aromatic N) is 3. The molecule has 20 heavy (non-hydrogen) atoms. The molecule has 1 aromatic heterocycles. The Morgan fingerprint density at radius 3 is 3.00 bits per heavy atom. The van der Waals surface area contributed by atoms with E-state index in [0.717, 1.165) is 15.8 Å². The molecule has 110 valence electrons. The van der Waals surface area contributed by atoms with Crippen molar-refractivity contribution in [3.05, 3.63) is 11.1 Å². The fourth-order valence-corrected chi connectivity index (χ4v) is 3.91. The van der Waals surface area contributed by atoms with Crippen LogP contribution in [0.5, 0.6) is 0 Å². The Morgan fingerprint density at radius 1 is 1.55 bits per heavy atom. The minimum Gasteiger partial charge on any atom is -0.342 e. The summed E-state index contributed by atoms with van der Waals surface area (Å²) in [4.78, 5) is 32.0. The number of thiazole rings is 1. The second-order valence-corrected chi connectivity index (χ2v) is 7.11. The molecule has 1 fully saturated rings. The molecule has 1 aliphatic heterocycles. The van der Waals surface area contributed by atoms with Gasteiger partial charge in [0.15, 0.2) is 0 Å². The number of hydrogen-bond acceptors (Lipinski definition) is 5. The van der Waals surface area contributed by atoms with Crippen LogP contribution in [0.4, 0.5) is 0 Å². The van der Waals surface area contributed by atoms with Gasteiger partial charge in [0.2, 0.25) is 11.8 Å². The fourth-order valence-electron chi connectivity index (χ4n) is 2.17. The van der Waals surface area contributed by atoms with E-state index in [1.807, 2.05) is 5.38 Å². The molecule has 0 radical (unpaired) electrons. The lowest BCUT2D eigenvalue weighted by Gasteiger charge is -2.37. The highest BCUT2D eigenvalue weighted by Crippen LogP contribution is 2.23. The topological polar surface area (TPSA) is 53.5 Å². The predicted octanol–water partition coefficient (Wildman–Crippen LogP) is 1.49. The van der Waals surface area contributed by atoms with E-state index in [4.69, 9.17) is 0 Å². The molecule has 0 aliphatic carbocycles. The van der Waals surface area contributed by atoms with E-state index in [1.54, 1.807) is 46.9 Å². The van der Waals surface area contributed by atoms with Crippen LogP contribution in [0.25, 0.3) is 0 Å². The first-order valence-corrected chi connectivity index (χ1v) is 8.51. The maximum absolute atomic E-state index is 12.3. The third-order valence-corrected chi connectivity index (χ3v) is 5.28. The van der Waals surface area contributed by atoms with Gasteiger partial charge in [0.25, 0.3) is 0 Å². The number of hydrogen-bond donors (Lipinski definition) is 0. The summed E-state index contributed by atoms with van der Waals surface area (Å²) in [5, 5.41) is 1.93. The molecule has 0 N–H and O–H groups in total. The quantitative estimate of drug-likeness (QED) is 0.790. The molecule has 1 aliphatic rings. The van der Waals surface area contributed by atoms with Crippen LogP contribution in [-0.4, -0.2) is 58.5 Å². The number of amides is 2. The van der Waals surface area contributed by atoms with Crippen molar-refractivity contribution in [3.8, 4) is 0 Å². The summed E-state index contributed by atoms with van der Waals surface area (Å²) in [7, 11) is 1.77. The number of carbonyl (C=O) groups excluding carboxylic acids is 2. The Kier molecular flexibility index (Phi) is 5.04. The molecule has 0 spiro atoms. The molecule has 0 saturated carbocycles. The highest BCUT2D eigenvalue weighted by atomic mass is 32.2. The number of carbonyl (C=O) groups is 2. The zero-order valence-electron chi connectivity index (χ0n) is 12.0. The van der Waals surface area contributed by atoms with Crippen molar-refractivity contribution < 1.29 is 9.59 Å². The van der Waals surface area contributed by atoms with E-state index in [9.17, 15) is 9.59 Å². The maximum Gasteiger partial charge on any atom is 0.244 e. The SMILES string of the molecule is CCSc1nc(CC(=O)N2CCN(C)C(=O)C2C)cs1. The molecule has 0 bridgehead atoms. The highest BCUT2D eigenvalue weighted by Gasteiger charge is 2.32. The minimum absolute atomic E-state index is 0.00473. The van der Waals surface area contributed by atoms with Crippen LogP contribution >= 0.6 is 23.1 Å². The number of thioether (sulfide) groups is 1. The van der Waals surface area contributed by atoms with Gasteiger partial charge in [-0.3, -0.25) is 9.59 Å². The summed E-state index contributed by atoms with van der Waals surface area (Å²) in [6, 6.07) is -0.371. The Balaban J connectivity index is 1.98. The Labute approximate surface area is 127 Å². The normalized spacial score (nSPS) is 19.6. The number of rotatable bonds is 4. The van der Waals surface area contributed by atoms with Crippen molar-refractivity contribution in [2.24, 2.45) is 0 Å². The van der Waals surface area contributed by atoms with Gasteiger partial charge in [0.1, 0.15) is 10.4 Å². The largest absolute Gasteiger partial charge is 0.342 e. The molecular weight excluding hydrogens is 294 g/mol. The molecule has 1 atom stereocenters. The minimum atomic E-state index is -0.371. The average molecular weight is 313 g/mol. The van der Waals surface area contributed by atoms with Gasteiger partial charge in [-0.2, -0.15) is 0 Å². The lowest BCUT2D eigenvalue weighted by Crippen LogP contribution is -2.56. The summed E-state index contributed by atoms with van der Waals surface area (Å²) < 4.78 is 0.998. The third kappa shape index (κ3) is 3.32. The van der Waals surface area contributed by atoms with E-state index < -0.39 is 0 Å². The van der Waals surface area contributed by atoms with Crippen LogP contribution in [0.1, 0.15) is 19.5 Å². The van der Waals surface area contributed by atoms with Crippen LogP contribution in [0.2, 0.25) is 0 Å². The van der Waals surface area contributed by atoms with Crippen LogP contribution in [0.3, 0.4) is 0 Å². The summed E-state index contributed by atoms with van der Waals surface area (Å²) >= 11 is 3.25. The van der Waals surface area contributed by atoms with Crippen molar-refractivity contribution in [2.75, 3.05) is 25.9 Å². The predicted molar refractivity (Wildman–Crippen MR) is 81.0 cm³/mol. The highest BCUT2D eigenvalue weighted by molar-refractivity contribution is 8.00. The Bertz CT molecular complexity index is 504. The van der Waals surface area contributed by atoms with E-state index >= 15 is 0 Å². The first kappa shape index (κ1) is 15.3. The van der Waals surface area contributed by atoms with Crippen molar-refractivity contribution in [1.29, 1.82) is 0 Å². The third-order valence-electron chi connectivity index (χ3n) is 3.33. The van der Waals surface area contributed by atoms with E-state index in [-0.39, 0.29) is 24.3 Å². The van der Waals surface area contributed by atoms with E-state index in [1.165, 1.54) is 0 Å². The van der Waals surface area contributed by atoms with Gasteiger partial charge in [-0.1, -0.05) is 18.7 Å². The number of likely N-dealkylation sites (N-methyl/N-ethyl adjacent to an activating group) is 1. The summed E-state index contributed by atoms with van der Waals surface area (Å²) in [5.74, 6) is 0.965. The zero-order valence-corrected chi connectivity index (χ0v) is 13.6. The molecule has 5 nitrogen and oxygen atoms in total. The van der Waals surface area contributed by atoms with E-state index in [2.05, 4.69) is 11.9 Å². The molecule has 2 amide bonds. The van der Waals surface area contributed by atoms with Gasteiger partial charge in [-0.05, 0) is 12.7 Å². The van der Waals surface area contributed by atoms with Crippen LogP contribution < -0.4 is 0 Å². The fraction of sp³-hybridized carbons (Fsp3) is 0.615. The molecule has 2 heterocycles. The molecular formula is C13H19N3O2S2. The standard InChI is InChI=1S/C13H19N3O2S2/c1-4-19-13-14-10(8-20-13)7-11(17)16-6-5-15(3)12(18)9(16)2/h8-9H,4-7H2,1-3H3. The van der Waals surface area contributed by atoms with Crippen LogP contribution in [-0.2, 0) is 16.0 Å². The monoisotopic (exact) mass is 313 g/mol. The average Bonchev–Trinajstić information content (AvgIpc) is 2.84. The summed E-state index contributed by atoms with van der Waals surface area (Å²) in [5.41, 5.74) is 0.800. The van der Waals surface area contributed by atoms with Crippen molar-refractivity contribution >= 4 is 34.9 Å². The lowest BCUT2D eigenvalue weighted by molar-refractivity contribution is -0.149. The Hall–Kier alpha value is -1.08.